The van der Waals surface area contributed by atoms with E-state index in [9.17, 15) is 13.2 Å². The summed E-state index contributed by atoms with van der Waals surface area (Å²) in [6, 6.07) is 4.59. The zero-order valence-corrected chi connectivity index (χ0v) is 14.9. The number of nitrogens with zero attached hydrogens (tertiary/aromatic N) is 1. The summed E-state index contributed by atoms with van der Waals surface area (Å²) < 4.78 is 24.7. The number of amides is 1. The van der Waals surface area contributed by atoms with E-state index < -0.39 is 10.0 Å². The van der Waals surface area contributed by atoms with Crippen LogP contribution in [0.1, 0.15) is 30.1 Å². The molecule has 0 aromatic heterocycles. The molecule has 124 valence electrons. The number of unbranched alkanes of at least 4 members (excludes halogenated alkanes) is 1. The lowest BCUT2D eigenvalue weighted by atomic mass is 10.2. The second-order valence-electron chi connectivity index (χ2n) is 4.90. The Kier molecular flexibility index (Phi) is 7.62. The molecule has 22 heavy (non-hydrogen) atoms. The van der Waals surface area contributed by atoms with Crippen molar-refractivity contribution in [3.05, 3.63) is 33.8 Å². The molecular formula is C14H20Cl2N2O3S. The molecule has 0 atom stereocenters. The highest BCUT2D eigenvalue weighted by atomic mass is 35.5. The minimum Gasteiger partial charge on any atom is -0.351 e. The quantitative estimate of drug-likeness (QED) is 0.768. The average molecular weight is 367 g/mol. The van der Waals surface area contributed by atoms with Crippen molar-refractivity contribution < 1.29 is 13.2 Å². The van der Waals surface area contributed by atoms with E-state index in [2.05, 4.69) is 5.32 Å². The highest BCUT2D eigenvalue weighted by Gasteiger charge is 2.16. The molecule has 8 heteroatoms. The van der Waals surface area contributed by atoms with E-state index in [1.165, 1.54) is 16.6 Å². The summed E-state index contributed by atoms with van der Waals surface area (Å²) in [6.07, 6.45) is 2.86. The van der Waals surface area contributed by atoms with Gasteiger partial charge in [-0.1, -0.05) is 36.5 Å². The van der Waals surface area contributed by atoms with Crippen LogP contribution in [0, 0.1) is 0 Å². The lowest BCUT2D eigenvalue weighted by molar-refractivity contribution is 0.0951. The molecule has 0 spiro atoms. The summed E-state index contributed by atoms with van der Waals surface area (Å²) in [5.74, 6) is -0.317. The first-order chi connectivity index (χ1) is 10.3. The van der Waals surface area contributed by atoms with Crippen molar-refractivity contribution in [3.8, 4) is 0 Å². The molecule has 0 saturated carbocycles. The number of carbonyl (C=O) groups is 1. The molecule has 1 N–H and O–H groups in total. The molecule has 1 rings (SSSR count). The molecule has 1 amide bonds. The maximum atomic E-state index is 12.0. The number of hydrogen-bond donors (Lipinski definition) is 1. The first kappa shape index (κ1) is 19.2. The zero-order valence-electron chi connectivity index (χ0n) is 12.6. The monoisotopic (exact) mass is 366 g/mol. The maximum absolute atomic E-state index is 12.0. The molecule has 0 bridgehead atoms. The van der Waals surface area contributed by atoms with Gasteiger partial charge in [-0.25, -0.2) is 12.7 Å². The Balaban J connectivity index is 2.57. The molecule has 0 fully saturated rings. The molecule has 1 aromatic carbocycles. The van der Waals surface area contributed by atoms with E-state index in [4.69, 9.17) is 23.2 Å². The van der Waals surface area contributed by atoms with Gasteiger partial charge < -0.3 is 5.32 Å². The van der Waals surface area contributed by atoms with Crippen molar-refractivity contribution in [1.82, 2.24) is 9.62 Å². The standard InChI is InChI=1S/C14H20Cl2N2O3S/c1-3-4-8-18(22(2,20)21)9-7-17-14(19)11-5-6-12(15)13(16)10-11/h5-6,10H,3-4,7-9H2,1-2H3,(H,17,19). The van der Waals surface area contributed by atoms with Crippen molar-refractivity contribution in [1.29, 1.82) is 0 Å². The van der Waals surface area contributed by atoms with Gasteiger partial charge in [-0.3, -0.25) is 4.79 Å². The predicted octanol–water partition coefficient (Wildman–Crippen LogP) is 2.78. The van der Waals surface area contributed by atoms with E-state index >= 15 is 0 Å². The Morgan fingerprint density at radius 3 is 2.45 bits per heavy atom. The molecule has 5 nitrogen and oxygen atoms in total. The van der Waals surface area contributed by atoms with Gasteiger partial charge in [0.05, 0.1) is 16.3 Å². The molecule has 0 aliphatic rings. The predicted molar refractivity (Wildman–Crippen MR) is 90.1 cm³/mol. The number of rotatable bonds is 8. The van der Waals surface area contributed by atoms with Crippen LogP contribution in [0.25, 0.3) is 0 Å². The van der Waals surface area contributed by atoms with Gasteiger partial charge >= 0.3 is 0 Å². The maximum Gasteiger partial charge on any atom is 0.251 e. The Labute approximate surface area is 141 Å². The molecule has 0 heterocycles. The van der Waals surface area contributed by atoms with Crippen LogP contribution in [-0.4, -0.2) is 44.5 Å². The SMILES string of the molecule is CCCCN(CCNC(=O)c1ccc(Cl)c(Cl)c1)S(C)(=O)=O. The van der Waals surface area contributed by atoms with Crippen molar-refractivity contribution in [2.45, 2.75) is 19.8 Å². The van der Waals surface area contributed by atoms with E-state index in [0.717, 1.165) is 12.8 Å². The summed E-state index contributed by atoms with van der Waals surface area (Å²) in [7, 11) is -3.27. The first-order valence-corrected chi connectivity index (χ1v) is 9.54. The molecular weight excluding hydrogens is 347 g/mol. The Morgan fingerprint density at radius 2 is 1.91 bits per heavy atom. The fourth-order valence-electron chi connectivity index (χ4n) is 1.81. The van der Waals surface area contributed by atoms with Gasteiger partial charge in [-0.15, -0.1) is 0 Å². The van der Waals surface area contributed by atoms with Crippen LogP contribution >= 0.6 is 23.2 Å². The molecule has 0 radical (unpaired) electrons. The van der Waals surface area contributed by atoms with Gasteiger partial charge in [0.2, 0.25) is 10.0 Å². The second-order valence-corrected chi connectivity index (χ2v) is 7.70. The fourth-order valence-corrected chi connectivity index (χ4v) is 2.99. The summed E-state index contributed by atoms with van der Waals surface area (Å²) >= 11 is 11.7. The van der Waals surface area contributed by atoms with Gasteiger partial charge in [-0.2, -0.15) is 0 Å². The highest BCUT2D eigenvalue weighted by Crippen LogP contribution is 2.22. The van der Waals surface area contributed by atoms with Crippen LogP contribution in [0.3, 0.4) is 0 Å². The van der Waals surface area contributed by atoms with E-state index in [0.29, 0.717) is 22.2 Å². The average Bonchev–Trinajstić information content (AvgIpc) is 2.44. The third-order valence-electron chi connectivity index (χ3n) is 3.06. The topological polar surface area (TPSA) is 66.5 Å². The number of nitrogens with one attached hydrogen (secondary N) is 1. The van der Waals surface area contributed by atoms with Crippen molar-refractivity contribution in [3.63, 3.8) is 0 Å². The number of sulfonamides is 1. The van der Waals surface area contributed by atoms with Crippen molar-refractivity contribution >= 4 is 39.1 Å². The second kappa shape index (κ2) is 8.72. The number of carbonyl (C=O) groups excluding carboxylic acids is 1. The lowest BCUT2D eigenvalue weighted by Gasteiger charge is -2.19. The summed E-state index contributed by atoms with van der Waals surface area (Å²) in [4.78, 5) is 12.0. The van der Waals surface area contributed by atoms with Crippen molar-refractivity contribution in [2.75, 3.05) is 25.9 Å². The number of hydrogen-bond acceptors (Lipinski definition) is 3. The van der Waals surface area contributed by atoms with Gasteiger partial charge in [-0.05, 0) is 24.6 Å². The van der Waals surface area contributed by atoms with Crippen LogP contribution in [0.15, 0.2) is 18.2 Å². The molecule has 0 unspecified atom stereocenters. The Bertz CT molecular complexity index is 621. The van der Waals surface area contributed by atoms with Gasteiger partial charge in [0, 0.05) is 25.2 Å². The van der Waals surface area contributed by atoms with Crippen LogP contribution in [0.2, 0.25) is 10.0 Å². The third-order valence-corrected chi connectivity index (χ3v) is 5.10. The van der Waals surface area contributed by atoms with Crippen molar-refractivity contribution in [2.24, 2.45) is 0 Å². The summed E-state index contributed by atoms with van der Waals surface area (Å²) in [5.41, 5.74) is 0.383. The lowest BCUT2D eigenvalue weighted by Crippen LogP contribution is -2.38. The fraction of sp³-hybridized carbons (Fsp3) is 0.500. The zero-order chi connectivity index (χ0) is 16.8. The van der Waals surface area contributed by atoms with E-state index in [1.807, 2.05) is 6.92 Å². The van der Waals surface area contributed by atoms with Gasteiger partial charge in [0.25, 0.3) is 5.91 Å². The summed E-state index contributed by atoms with van der Waals surface area (Å²) in [5, 5.41) is 3.35. The summed E-state index contributed by atoms with van der Waals surface area (Å²) in [6.45, 7) is 2.92. The van der Waals surface area contributed by atoms with Crippen LogP contribution in [-0.2, 0) is 10.0 Å². The smallest absolute Gasteiger partial charge is 0.251 e. The van der Waals surface area contributed by atoms with Crippen LogP contribution in [0.5, 0.6) is 0 Å². The minimum absolute atomic E-state index is 0.232. The first-order valence-electron chi connectivity index (χ1n) is 6.94. The highest BCUT2D eigenvalue weighted by molar-refractivity contribution is 7.88. The normalized spacial score (nSPS) is 11.7. The van der Waals surface area contributed by atoms with E-state index in [1.54, 1.807) is 12.1 Å². The molecule has 0 aliphatic carbocycles. The number of benzene rings is 1. The van der Waals surface area contributed by atoms with Crippen LogP contribution < -0.4 is 5.32 Å². The molecule has 0 saturated heterocycles. The van der Waals surface area contributed by atoms with E-state index in [-0.39, 0.29) is 19.0 Å². The molecule has 1 aromatic rings. The van der Waals surface area contributed by atoms with Gasteiger partial charge in [0.1, 0.15) is 0 Å². The Morgan fingerprint density at radius 1 is 1.23 bits per heavy atom. The molecule has 0 aliphatic heterocycles. The van der Waals surface area contributed by atoms with Gasteiger partial charge in [0.15, 0.2) is 0 Å². The minimum atomic E-state index is -3.27. The third kappa shape index (κ3) is 6.12. The van der Waals surface area contributed by atoms with Crippen LogP contribution in [0.4, 0.5) is 0 Å². The Hall–Kier alpha value is -0.820. The number of halogens is 2. The largest absolute Gasteiger partial charge is 0.351 e.